The minimum Gasteiger partial charge on any atom is -0.481 e. The van der Waals surface area contributed by atoms with Crippen LogP contribution in [-0.4, -0.2) is 36.2 Å². The number of aromatic nitrogens is 2. The SMILES string of the molecule is COc1cc(CNC(=O)NCc2ccnc(N3CCCCC3)c2)ccn1. The highest BCUT2D eigenvalue weighted by molar-refractivity contribution is 5.73. The number of ether oxygens (including phenoxy) is 1. The van der Waals surface area contributed by atoms with Gasteiger partial charge < -0.3 is 20.3 Å². The Labute approximate surface area is 153 Å². The standard InChI is InChI=1S/C19H25N5O2/c1-26-18-12-16(6-8-21-18)14-23-19(25)22-13-15-5-7-20-17(11-15)24-9-3-2-4-10-24/h5-8,11-12H,2-4,9-10,13-14H2,1H3,(H2,22,23,25). The number of nitrogens with zero attached hydrogens (tertiary/aromatic N) is 3. The third-order valence-electron chi connectivity index (χ3n) is 4.40. The van der Waals surface area contributed by atoms with E-state index in [1.165, 1.54) is 19.3 Å². The van der Waals surface area contributed by atoms with Gasteiger partial charge in [0, 0.05) is 44.6 Å². The van der Waals surface area contributed by atoms with Crippen LogP contribution in [-0.2, 0) is 13.1 Å². The van der Waals surface area contributed by atoms with Gasteiger partial charge in [0.25, 0.3) is 0 Å². The second-order valence-electron chi connectivity index (χ2n) is 6.31. The van der Waals surface area contributed by atoms with Crippen LogP contribution in [0.25, 0.3) is 0 Å². The van der Waals surface area contributed by atoms with Crippen molar-refractivity contribution in [2.75, 3.05) is 25.1 Å². The molecule has 2 N–H and O–H groups in total. The minimum absolute atomic E-state index is 0.211. The van der Waals surface area contributed by atoms with Crippen LogP contribution in [0, 0.1) is 0 Å². The Hall–Kier alpha value is -2.83. The van der Waals surface area contributed by atoms with E-state index in [-0.39, 0.29) is 6.03 Å². The quantitative estimate of drug-likeness (QED) is 0.832. The smallest absolute Gasteiger partial charge is 0.315 e. The summed E-state index contributed by atoms with van der Waals surface area (Å²) >= 11 is 0. The van der Waals surface area contributed by atoms with Gasteiger partial charge in [-0.15, -0.1) is 0 Å². The Morgan fingerprint density at radius 1 is 1.04 bits per heavy atom. The number of hydrogen-bond acceptors (Lipinski definition) is 5. The summed E-state index contributed by atoms with van der Waals surface area (Å²) < 4.78 is 5.08. The zero-order valence-corrected chi connectivity index (χ0v) is 15.1. The largest absolute Gasteiger partial charge is 0.481 e. The highest BCUT2D eigenvalue weighted by Gasteiger charge is 2.12. The lowest BCUT2D eigenvalue weighted by atomic mass is 10.1. The zero-order valence-electron chi connectivity index (χ0n) is 15.1. The normalized spacial score (nSPS) is 14.0. The molecule has 0 bridgehead atoms. The molecule has 1 fully saturated rings. The summed E-state index contributed by atoms with van der Waals surface area (Å²) in [5, 5.41) is 5.72. The van der Waals surface area contributed by atoms with Crippen LogP contribution in [0.2, 0.25) is 0 Å². The van der Waals surface area contributed by atoms with Gasteiger partial charge in [0.1, 0.15) is 5.82 Å². The third-order valence-corrected chi connectivity index (χ3v) is 4.40. The third kappa shape index (κ3) is 5.08. The van der Waals surface area contributed by atoms with Crippen molar-refractivity contribution < 1.29 is 9.53 Å². The first kappa shape index (κ1) is 18.0. The Morgan fingerprint density at radius 2 is 1.69 bits per heavy atom. The highest BCUT2D eigenvalue weighted by Crippen LogP contribution is 2.18. The molecule has 0 radical (unpaired) electrons. The number of carbonyl (C=O) groups is 1. The Morgan fingerprint density at radius 3 is 2.38 bits per heavy atom. The van der Waals surface area contributed by atoms with Crippen LogP contribution in [0.3, 0.4) is 0 Å². The molecule has 1 saturated heterocycles. The second-order valence-corrected chi connectivity index (χ2v) is 6.31. The summed E-state index contributed by atoms with van der Waals surface area (Å²) in [6, 6.07) is 7.42. The van der Waals surface area contributed by atoms with Crippen molar-refractivity contribution in [1.29, 1.82) is 0 Å². The van der Waals surface area contributed by atoms with Crippen LogP contribution >= 0.6 is 0 Å². The Bertz CT molecular complexity index is 731. The molecule has 138 valence electrons. The summed E-state index contributed by atoms with van der Waals surface area (Å²) in [6.45, 7) is 2.99. The van der Waals surface area contributed by atoms with Crippen molar-refractivity contribution >= 4 is 11.8 Å². The van der Waals surface area contributed by atoms with E-state index < -0.39 is 0 Å². The van der Waals surface area contributed by atoms with Crippen molar-refractivity contribution in [2.24, 2.45) is 0 Å². The molecular weight excluding hydrogens is 330 g/mol. The molecule has 7 nitrogen and oxygen atoms in total. The monoisotopic (exact) mass is 355 g/mol. The molecule has 1 aliphatic heterocycles. The number of methoxy groups -OCH3 is 1. The fourth-order valence-electron chi connectivity index (χ4n) is 2.97. The van der Waals surface area contributed by atoms with E-state index in [0.717, 1.165) is 30.0 Å². The molecule has 26 heavy (non-hydrogen) atoms. The topological polar surface area (TPSA) is 79.4 Å². The Balaban J connectivity index is 1.48. The summed E-state index contributed by atoms with van der Waals surface area (Å²) in [6.07, 6.45) is 7.19. The van der Waals surface area contributed by atoms with Crippen LogP contribution in [0.4, 0.5) is 10.6 Å². The number of hydrogen-bond donors (Lipinski definition) is 2. The van der Waals surface area contributed by atoms with Crippen LogP contribution in [0.15, 0.2) is 36.7 Å². The van der Waals surface area contributed by atoms with E-state index >= 15 is 0 Å². The lowest BCUT2D eigenvalue weighted by Crippen LogP contribution is -2.34. The van der Waals surface area contributed by atoms with Crippen molar-refractivity contribution in [3.63, 3.8) is 0 Å². The van der Waals surface area contributed by atoms with Gasteiger partial charge >= 0.3 is 6.03 Å². The summed E-state index contributed by atoms with van der Waals surface area (Å²) in [7, 11) is 1.57. The van der Waals surface area contributed by atoms with Gasteiger partial charge in [-0.2, -0.15) is 0 Å². The number of carbonyl (C=O) groups excluding carboxylic acids is 1. The zero-order chi connectivity index (χ0) is 18.2. The van der Waals surface area contributed by atoms with Crippen molar-refractivity contribution in [3.8, 4) is 5.88 Å². The Kier molecular flexibility index (Phi) is 6.24. The van der Waals surface area contributed by atoms with Crippen LogP contribution in [0.5, 0.6) is 5.88 Å². The number of rotatable bonds is 6. The molecule has 1 aliphatic rings. The maximum atomic E-state index is 12.0. The fourth-order valence-corrected chi connectivity index (χ4v) is 2.97. The van der Waals surface area contributed by atoms with Gasteiger partial charge in [-0.05, 0) is 48.6 Å². The minimum atomic E-state index is -0.211. The number of pyridine rings is 2. The number of urea groups is 1. The molecule has 2 aromatic heterocycles. The lowest BCUT2D eigenvalue weighted by Gasteiger charge is -2.27. The van der Waals surface area contributed by atoms with E-state index in [0.29, 0.717) is 19.0 Å². The first-order valence-electron chi connectivity index (χ1n) is 8.95. The molecular formula is C19H25N5O2. The second kappa shape index (κ2) is 9.03. The molecule has 7 heteroatoms. The molecule has 0 aliphatic carbocycles. The molecule has 0 unspecified atom stereocenters. The van der Waals surface area contributed by atoms with Crippen LogP contribution < -0.4 is 20.3 Å². The molecule has 0 atom stereocenters. The van der Waals surface area contributed by atoms with Gasteiger partial charge in [0.05, 0.1) is 7.11 Å². The summed E-state index contributed by atoms with van der Waals surface area (Å²) in [4.78, 5) is 22.9. The maximum absolute atomic E-state index is 12.0. The number of piperidine rings is 1. The first-order valence-corrected chi connectivity index (χ1v) is 8.95. The predicted octanol–water partition coefficient (Wildman–Crippen LogP) is 2.47. The molecule has 0 saturated carbocycles. The van der Waals surface area contributed by atoms with Crippen molar-refractivity contribution in [2.45, 2.75) is 32.4 Å². The van der Waals surface area contributed by atoms with Crippen LogP contribution in [0.1, 0.15) is 30.4 Å². The highest BCUT2D eigenvalue weighted by atomic mass is 16.5. The van der Waals surface area contributed by atoms with E-state index in [4.69, 9.17) is 4.74 Å². The molecule has 2 aromatic rings. The maximum Gasteiger partial charge on any atom is 0.315 e. The van der Waals surface area contributed by atoms with Gasteiger partial charge in [-0.1, -0.05) is 0 Å². The van der Waals surface area contributed by atoms with E-state index in [1.54, 1.807) is 19.4 Å². The van der Waals surface area contributed by atoms with Crippen molar-refractivity contribution in [3.05, 3.63) is 47.8 Å². The number of anilines is 1. The fraction of sp³-hybridized carbons (Fsp3) is 0.421. The van der Waals surface area contributed by atoms with E-state index in [9.17, 15) is 4.79 Å². The molecule has 3 heterocycles. The molecule has 3 rings (SSSR count). The number of nitrogens with one attached hydrogen (secondary N) is 2. The van der Waals surface area contributed by atoms with E-state index in [1.807, 2.05) is 18.3 Å². The molecule has 2 amide bonds. The van der Waals surface area contributed by atoms with Crippen molar-refractivity contribution in [1.82, 2.24) is 20.6 Å². The van der Waals surface area contributed by atoms with Gasteiger partial charge in [-0.25, -0.2) is 14.8 Å². The average molecular weight is 355 g/mol. The lowest BCUT2D eigenvalue weighted by molar-refractivity contribution is 0.240. The van der Waals surface area contributed by atoms with E-state index in [2.05, 4.69) is 31.6 Å². The molecule has 0 spiro atoms. The van der Waals surface area contributed by atoms with Gasteiger partial charge in [-0.3, -0.25) is 0 Å². The first-order chi connectivity index (χ1) is 12.7. The predicted molar refractivity (Wildman–Crippen MR) is 100 cm³/mol. The van der Waals surface area contributed by atoms with Gasteiger partial charge in [0.15, 0.2) is 0 Å². The average Bonchev–Trinajstić information content (AvgIpc) is 2.72. The van der Waals surface area contributed by atoms with Gasteiger partial charge in [0.2, 0.25) is 5.88 Å². The summed E-state index contributed by atoms with van der Waals surface area (Å²) in [5.41, 5.74) is 1.98. The summed E-state index contributed by atoms with van der Waals surface area (Å²) in [5.74, 6) is 1.53. The molecule has 0 aromatic carbocycles. The number of amides is 2.